The molecule has 4 heteroatoms. The van der Waals surface area contributed by atoms with Gasteiger partial charge < -0.3 is 10.4 Å². The van der Waals surface area contributed by atoms with E-state index in [2.05, 4.69) is 11.4 Å². The zero-order valence-electron chi connectivity index (χ0n) is 12.8. The monoisotopic (exact) mass is 294 g/mol. The molecular weight excluding hydrogens is 276 g/mol. The average Bonchev–Trinajstić information content (AvgIpc) is 2.51. The lowest BCUT2D eigenvalue weighted by atomic mass is 9.85. The second-order valence-electron chi connectivity index (χ2n) is 5.77. The van der Waals surface area contributed by atoms with Crippen molar-refractivity contribution < 1.29 is 9.90 Å². The maximum absolute atomic E-state index is 12.3. The Morgan fingerprint density at radius 3 is 2.59 bits per heavy atom. The predicted octanol–water partition coefficient (Wildman–Crippen LogP) is 3.75. The van der Waals surface area contributed by atoms with Crippen LogP contribution in [0.25, 0.3) is 0 Å². The van der Waals surface area contributed by atoms with Crippen molar-refractivity contribution in [2.24, 2.45) is 0 Å². The Balaban J connectivity index is 2.25. The molecule has 0 spiro atoms. The van der Waals surface area contributed by atoms with Crippen LogP contribution in [-0.4, -0.2) is 11.0 Å². The lowest BCUT2D eigenvalue weighted by Crippen LogP contribution is -2.17. The van der Waals surface area contributed by atoms with Crippen LogP contribution >= 0.6 is 0 Å². The minimum Gasteiger partial charge on any atom is -0.508 e. The number of rotatable bonds is 3. The van der Waals surface area contributed by atoms with Crippen molar-refractivity contribution in [3.8, 4) is 11.8 Å². The Morgan fingerprint density at radius 2 is 1.95 bits per heavy atom. The number of anilines is 1. The van der Waals surface area contributed by atoms with E-state index in [1.165, 1.54) is 6.07 Å². The first-order valence-electron chi connectivity index (χ1n) is 6.96. The predicted molar refractivity (Wildman–Crippen MR) is 85.9 cm³/mol. The number of nitriles is 1. The average molecular weight is 294 g/mol. The van der Waals surface area contributed by atoms with Crippen molar-refractivity contribution in [2.75, 3.05) is 5.32 Å². The van der Waals surface area contributed by atoms with Gasteiger partial charge in [0, 0.05) is 17.3 Å². The van der Waals surface area contributed by atoms with Gasteiger partial charge in [0.05, 0.1) is 11.5 Å². The minimum atomic E-state index is -0.654. The third kappa shape index (κ3) is 3.26. The Bertz CT molecular complexity index is 758. The van der Waals surface area contributed by atoms with Crippen molar-refractivity contribution >= 4 is 11.6 Å². The normalized spacial score (nSPS) is 10.8. The summed E-state index contributed by atoms with van der Waals surface area (Å²) in [5.41, 5.74) is 1.88. The van der Waals surface area contributed by atoms with E-state index in [0.29, 0.717) is 11.3 Å². The topological polar surface area (TPSA) is 73.1 Å². The van der Waals surface area contributed by atoms with Gasteiger partial charge in [0.15, 0.2) is 0 Å². The van der Waals surface area contributed by atoms with Gasteiger partial charge in [-0.3, -0.25) is 4.79 Å². The zero-order chi connectivity index (χ0) is 16.3. The highest BCUT2D eigenvalue weighted by atomic mass is 16.3. The molecule has 0 aromatic heterocycles. The lowest BCUT2D eigenvalue weighted by Gasteiger charge is -2.16. The van der Waals surface area contributed by atoms with Gasteiger partial charge in [0.2, 0.25) is 0 Å². The molecule has 2 aromatic rings. The number of benzene rings is 2. The Morgan fingerprint density at radius 1 is 1.23 bits per heavy atom. The second kappa shape index (κ2) is 5.90. The fourth-order valence-corrected chi connectivity index (χ4v) is 2.00. The molecule has 0 bridgehead atoms. The number of hydrogen-bond donors (Lipinski definition) is 2. The van der Waals surface area contributed by atoms with E-state index in [1.54, 1.807) is 37.3 Å². The Kier molecular flexibility index (Phi) is 4.18. The molecule has 0 aliphatic heterocycles. The van der Waals surface area contributed by atoms with Crippen LogP contribution in [0.1, 0.15) is 35.3 Å². The maximum Gasteiger partial charge on any atom is 0.255 e. The second-order valence-corrected chi connectivity index (χ2v) is 5.77. The molecule has 0 aliphatic rings. The molecule has 4 nitrogen and oxygen atoms in total. The van der Waals surface area contributed by atoms with Gasteiger partial charge in [0.1, 0.15) is 5.75 Å². The van der Waals surface area contributed by atoms with Crippen LogP contribution in [-0.2, 0) is 5.41 Å². The van der Waals surface area contributed by atoms with Crippen molar-refractivity contribution in [1.29, 1.82) is 5.26 Å². The lowest BCUT2D eigenvalue weighted by molar-refractivity contribution is 0.102. The van der Waals surface area contributed by atoms with E-state index in [9.17, 15) is 15.2 Å². The molecule has 22 heavy (non-hydrogen) atoms. The summed E-state index contributed by atoms with van der Waals surface area (Å²) in [5.74, 6) is -0.143. The van der Waals surface area contributed by atoms with Crippen LogP contribution in [0.15, 0.2) is 42.5 Å². The van der Waals surface area contributed by atoms with Gasteiger partial charge in [0.25, 0.3) is 5.91 Å². The number of amides is 1. The fraction of sp³-hybridized carbons (Fsp3) is 0.222. The molecular formula is C18H18N2O2. The Labute approximate surface area is 130 Å². The molecule has 112 valence electrons. The highest BCUT2D eigenvalue weighted by Crippen LogP contribution is 2.24. The van der Waals surface area contributed by atoms with E-state index in [-0.39, 0.29) is 11.7 Å². The summed E-state index contributed by atoms with van der Waals surface area (Å²) in [6.07, 6.45) is 0. The number of carbonyl (C=O) groups excluding carboxylic acids is 1. The van der Waals surface area contributed by atoms with Crippen LogP contribution in [0.5, 0.6) is 5.75 Å². The van der Waals surface area contributed by atoms with Crippen LogP contribution < -0.4 is 5.32 Å². The van der Waals surface area contributed by atoms with Crippen LogP contribution in [0.4, 0.5) is 5.69 Å². The smallest absolute Gasteiger partial charge is 0.255 e. The van der Waals surface area contributed by atoms with Gasteiger partial charge in [-0.25, -0.2) is 0 Å². The van der Waals surface area contributed by atoms with Gasteiger partial charge in [-0.15, -0.1) is 0 Å². The zero-order valence-corrected chi connectivity index (χ0v) is 12.8. The molecule has 0 saturated heterocycles. The van der Waals surface area contributed by atoms with Gasteiger partial charge in [-0.1, -0.05) is 18.2 Å². The highest BCUT2D eigenvalue weighted by Gasteiger charge is 2.20. The quantitative estimate of drug-likeness (QED) is 0.905. The number of nitrogens with zero attached hydrogens (tertiary/aromatic N) is 1. The largest absolute Gasteiger partial charge is 0.508 e. The molecule has 2 N–H and O–H groups in total. The summed E-state index contributed by atoms with van der Waals surface area (Å²) in [4.78, 5) is 12.3. The summed E-state index contributed by atoms with van der Waals surface area (Å²) in [5, 5.41) is 21.6. The number of aromatic hydroxyl groups is 1. The first-order chi connectivity index (χ1) is 10.3. The molecule has 0 fully saturated rings. The SMILES string of the molecule is Cc1ccc(NC(=O)c2cccc(C(C)(C)C#N)c2)cc1O. The van der Waals surface area contributed by atoms with Crippen LogP contribution in [0, 0.1) is 18.3 Å². The summed E-state index contributed by atoms with van der Waals surface area (Å²) >= 11 is 0. The molecule has 2 aromatic carbocycles. The van der Waals surface area contributed by atoms with Crippen LogP contribution in [0.2, 0.25) is 0 Å². The summed E-state index contributed by atoms with van der Waals surface area (Å²) in [6, 6.07) is 14.2. The molecule has 0 radical (unpaired) electrons. The molecule has 0 saturated carbocycles. The van der Waals surface area contributed by atoms with E-state index >= 15 is 0 Å². The van der Waals surface area contributed by atoms with Crippen molar-refractivity contribution in [2.45, 2.75) is 26.2 Å². The van der Waals surface area contributed by atoms with Crippen molar-refractivity contribution in [3.05, 3.63) is 59.2 Å². The first kappa shape index (κ1) is 15.6. The number of nitrogens with one attached hydrogen (secondary N) is 1. The molecule has 0 aliphatic carbocycles. The number of phenolic OH excluding ortho intramolecular Hbond substituents is 1. The van der Waals surface area contributed by atoms with E-state index in [0.717, 1.165) is 11.1 Å². The highest BCUT2D eigenvalue weighted by molar-refractivity contribution is 6.04. The standard InChI is InChI=1S/C18H18N2O2/c1-12-7-8-15(10-16(12)21)20-17(22)13-5-4-6-14(9-13)18(2,3)11-19/h4-10,21H,1-3H3,(H,20,22). The van der Waals surface area contributed by atoms with E-state index in [1.807, 2.05) is 19.9 Å². The minimum absolute atomic E-state index is 0.136. The third-order valence-electron chi connectivity index (χ3n) is 3.59. The van der Waals surface area contributed by atoms with Crippen LogP contribution in [0.3, 0.4) is 0 Å². The third-order valence-corrected chi connectivity index (χ3v) is 3.59. The number of hydrogen-bond acceptors (Lipinski definition) is 3. The molecule has 1 amide bonds. The summed E-state index contributed by atoms with van der Waals surface area (Å²) < 4.78 is 0. The number of aryl methyl sites for hydroxylation is 1. The van der Waals surface area contributed by atoms with Gasteiger partial charge in [-0.05, 0) is 50.1 Å². The van der Waals surface area contributed by atoms with Crippen molar-refractivity contribution in [3.63, 3.8) is 0 Å². The summed E-state index contributed by atoms with van der Waals surface area (Å²) in [7, 11) is 0. The first-order valence-corrected chi connectivity index (χ1v) is 6.96. The van der Waals surface area contributed by atoms with Gasteiger partial charge >= 0.3 is 0 Å². The maximum atomic E-state index is 12.3. The van der Waals surface area contributed by atoms with E-state index in [4.69, 9.17) is 0 Å². The molecule has 0 heterocycles. The molecule has 0 atom stereocenters. The number of carbonyl (C=O) groups is 1. The van der Waals surface area contributed by atoms with Crippen molar-refractivity contribution in [1.82, 2.24) is 0 Å². The van der Waals surface area contributed by atoms with E-state index < -0.39 is 5.41 Å². The summed E-state index contributed by atoms with van der Waals surface area (Å²) in [6.45, 7) is 5.40. The number of phenols is 1. The molecule has 0 unspecified atom stereocenters. The molecule has 2 rings (SSSR count). The van der Waals surface area contributed by atoms with Gasteiger partial charge in [-0.2, -0.15) is 5.26 Å². The fourth-order valence-electron chi connectivity index (χ4n) is 2.00. The Hall–Kier alpha value is -2.80.